The van der Waals surface area contributed by atoms with E-state index in [0.29, 0.717) is 5.56 Å². The molecule has 3 rings (SSSR count). The highest BCUT2D eigenvalue weighted by Gasteiger charge is 2.22. The number of benzene rings is 2. The maximum absolute atomic E-state index is 12.8. The SMILES string of the molecule is CS(=O)(=O)N(Cc1ccccc1)c1nccc(-c2cc(OC(F)F)ccc2OC(F)F)n1. The van der Waals surface area contributed by atoms with Crippen molar-refractivity contribution in [1.82, 2.24) is 9.97 Å². The fourth-order valence-electron chi connectivity index (χ4n) is 2.79. The van der Waals surface area contributed by atoms with Crippen LogP contribution in [0.2, 0.25) is 0 Å². The Morgan fingerprint density at radius 2 is 1.66 bits per heavy atom. The van der Waals surface area contributed by atoms with Crippen molar-refractivity contribution >= 4 is 16.0 Å². The molecule has 1 heterocycles. The second-order valence-electron chi connectivity index (χ2n) is 6.41. The number of alkyl halides is 4. The van der Waals surface area contributed by atoms with Gasteiger partial charge in [-0.2, -0.15) is 17.6 Å². The molecule has 0 unspecified atom stereocenters. The zero-order valence-electron chi connectivity index (χ0n) is 16.5. The minimum Gasteiger partial charge on any atom is -0.435 e. The zero-order valence-corrected chi connectivity index (χ0v) is 17.3. The zero-order chi connectivity index (χ0) is 23.3. The third-order valence-corrected chi connectivity index (χ3v) is 5.20. The predicted octanol–water partition coefficient (Wildman–Crippen LogP) is 4.31. The molecule has 32 heavy (non-hydrogen) atoms. The molecule has 0 bridgehead atoms. The summed E-state index contributed by atoms with van der Waals surface area (Å²) in [6.45, 7) is -6.42. The molecule has 1 aromatic heterocycles. The summed E-state index contributed by atoms with van der Waals surface area (Å²) in [5.41, 5.74) is 0.508. The molecule has 0 fully saturated rings. The highest BCUT2D eigenvalue weighted by molar-refractivity contribution is 7.92. The quantitative estimate of drug-likeness (QED) is 0.433. The molecule has 2 aromatic carbocycles. The molecule has 3 aromatic rings. The van der Waals surface area contributed by atoms with Crippen molar-refractivity contribution < 1.29 is 35.5 Å². The van der Waals surface area contributed by atoms with E-state index in [4.69, 9.17) is 0 Å². The standard InChI is InChI=1S/C20H17F4N3O4S/c1-32(28,29)27(12-13-5-3-2-4-6-13)20-25-10-9-16(26-20)15-11-14(30-18(21)22)7-8-17(15)31-19(23)24/h2-11,18-19H,12H2,1H3. The molecule has 0 aliphatic carbocycles. The van der Waals surface area contributed by atoms with Crippen LogP contribution in [-0.2, 0) is 16.6 Å². The first-order chi connectivity index (χ1) is 15.1. The monoisotopic (exact) mass is 471 g/mol. The predicted molar refractivity (Wildman–Crippen MR) is 108 cm³/mol. The fourth-order valence-corrected chi connectivity index (χ4v) is 3.56. The Labute approximate surface area is 181 Å². The molecule has 0 amide bonds. The van der Waals surface area contributed by atoms with Crippen LogP contribution in [0.3, 0.4) is 0 Å². The Balaban J connectivity index is 2.06. The van der Waals surface area contributed by atoms with Gasteiger partial charge in [0.15, 0.2) is 0 Å². The van der Waals surface area contributed by atoms with Gasteiger partial charge in [0.2, 0.25) is 16.0 Å². The second-order valence-corrected chi connectivity index (χ2v) is 8.32. The normalized spacial score (nSPS) is 11.6. The van der Waals surface area contributed by atoms with E-state index < -0.39 is 23.2 Å². The van der Waals surface area contributed by atoms with E-state index in [9.17, 15) is 26.0 Å². The van der Waals surface area contributed by atoms with Gasteiger partial charge < -0.3 is 9.47 Å². The van der Waals surface area contributed by atoms with E-state index in [1.165, 1.54) is 12.3 Å². The summed E-state index contributed by atoms with van der Waals surface area (Å²) in [5, 5.41) is 0. The fraction of sp³-hybridized carbons (Fsp3) is 0.200. The van der Waals surface area contributed by atoms with E-state index in [-0.39, 0.29) is 35.2 Å². The van der Waals surface area contributed by atoms with Crippen LogP contribution in [0.1, 0.15) is 5.56 Å². The van der Waals surface area contributed by atoms with Gasteiger partial charge in [-0.25, -0.2) is 22.7 Å². The molecular weight excluding hydrogens is 454 g/mol. The number of sulfonamides is 1. The largest absolute Gasteiger partial charge is 0.435 e. The van der Waals surface area contributed by atoms with Crippen LogP contribution in [-0.4, -0.2) is 37.9 Å². The summed E-state index contributed by atoms with van der Waals surface area (Å²) < 4.78 is 85.4. The molecule has 0 radical (unpaired) electrons. The highest BCUT2D eigenvalue weighted by Crippen LogP contribution is 2.34. The van der Waals surface area contributed by atoms with Gasteiger partial charge in [-0.1, -0.05) is 30.3 Å². The van der Waals surface area contributed by atoms with Gasteiger partial charge in [0, 0.05) is 11.8 Å². The van der Waals surface area contributed by atoms with Crippen LogP contribution < -0.4 is 13.8 Å². The summed E-state index contributed by atoms with van der Waals surface area (Å²) in [6.07, 6.45) is 2.18. The van der Waals surface area contributed by atoms with Gasteiger partial charge >= 0.3 is 13.2 Å². The Morgan fingerprint density at radius 1 is 0.969 bits per heavy atom. The molecule has 12 heteroatoms. The molecule has 0 saturated carbocycles. The minimum atomic E-state index is -3.84. The van der Waals surface area contributed by atoms with E-state index >= 15 is 0 Å². The molecule has 7 nitrogen and oxygen atoms in total. The lowest BCUT2D eigenvalue weighted by Gasteiger charge is -2.21. The molecule has 0 N–H and O–H groups in total. The molecule has 0 saturated heterocycles. The second kappa shape index (κ2) is 9.81. The first kappa shape index (κ1) is 23.3. The summed E-state index contributed by atoms with van der Waals surface area (Å²) in [6, 6.07) is 13.1. The van der Waals surface area contributed by atoms with Gasteiger partial charge in [-0.3, -0.25) is 0 Å². The molecule has 0 aliphatic rings. The minimum absolute atomic E-state index is 0.0351. The lowest BCUT2D eigenvalue weighted by Crippen LogP contribution is -2.31. The number of rotatable bonds is 9. The number of anilines is 1. The molecule has 0 spiro atoms. The topological polar surface area (TPSA) is 81.6 Å². The van der Waals surface area contributed by atoms with Crippen molar-refractivity contribution in [2.45, 2.75) is 19.8 Å². The van der Waals surface area contributed by atoms with Gasteiger partial charge in [0.1, 0.15) is 11.5 Å². The van der Waals surface area contributed by atoms with Gasteiger partial charge in [-0.15, -0.1) is 0 Å². The van der Waals surface area contributed by atoms with Gasteiger partial charge in [-0.05, 0) is 29.8 Å². The molecule has 0 aliphatic heterocycles. The van der Waals surface area contributed by atoms with Crippen LogP contribution in [0.25, 0.3) is 11.3 Å². The Kier molecular flexibility index (Phi) is 7.13. The lowest BCUT2D eigenvalue weighted by molar-refractivity contribution is -0.0526. The van der Waals surface area contributed by atoms with Gasteiger partial charge in [0.25, 0.3) is 0 Å². The van der Waals surface area contributed by atoms with Crippen LogP contribution in [0.4, 0.5) is 23.5 Å². The van der Waals surface area contributed by atoms with Crippen LogP contribution >= 0.6 is 0 Å². The summed E-state index contributed by atoms with van der Waals surface area (Å²) >= 11 is 0. The molecule has 170 valence electrons. The van der Waals surface area contributed by atoms with Crippen molar-refractivity contribution in [2.24, 2.45) is 0 Å². The summed E-state index contributed by atoms with van der Waals surface area (Å²) in [4.78, 5) is 8.15. The van der Waals surface area contributed by atoms with Crippen LogP contribution in [0.15, 0.2) is 60.8 Å². The number of nitrogens with zero attached hydrogens (tertiary/aromatic N) is 3. The summed E-state index contributed by atoms with van der Waals surface area (Å²) in [5.74, 6) is -0.918. The van der Waals surface area contributed by atoms with Crippen molar-refractivity contribution in [3.05, 3.63) is 66.4 Å². The maximum Gasteiger partial charge on any atom is 0.387 e. The Bertz CT molecular complexity index is 1160. The maximum atomic E-state index is 12.8. The average molecular weight is 471 g/mol. The van der Waals surface area contributed by atoms with E-state index in [1.54, 1.807) is 30.3 Å². The van der Waals surface area contributed by atoms with E-state index in [2.05, 4.69) is 19.4 Å². The Morgan fingerprint density at radius 3 is 2.28 bits per heavy atom. The molecule has 0 atom stereocenters. The third kappa shape index (κ3) is 6.06. The van der Waals surface area contributed by atoms with Crippen LogP contribution in [0, 0.1) is 0 Å². The van der Waals surface area contributed by atoms with Crippen LogP contribution in [0.5, 0.6) is 11.5 Å². The van der Waals surface area contributed by atoms with Crippen molar-refractivity contribution in [2.75, 3.05) is 10.6 Å². The lowest BCUT2D eigenvalue weighted by atomic mass is 10.1. The number of hydrogen-bond acceptors (Lipinski definition) is 6. The average Bonchev–Trinajstić information content (AvgIpc) is 2.72. The third-order valence-electron chi connectivity index (χ3n) is 4.10. The smallest absolute Gasteiger partial charge is 0.387 e. The summed E-state index contributed by atoms with van der Waals surface area (Å²) in [7, 11) is -3.84. The van der Waals surface area contributed by atoms with E-state index in [1.807, 2.05) is 0 Å². The number of aromatic nitrogens is 2. The molecular formula is C20H17F4N3O4S. The Hall–Kier alpha value is -3.41. The van der Waals surface area contributed by atoms with Crippen molar-refractivity contribution in [1.29, 1.82) is 0 Å². The van der Waals surface area contributed by atoms with Crippen molar-refractivity contribution in [3.63, 3.8) is 0 Å². The first-order valence-electron chi connectivity index (χ1n) is 9.02. The van der Waals surface area contributed by atoms with Gasteiger partial charge in [0.05, 0.1) is 18.5 Å². The number of halogens is 4. The highest BCUT2D eigenvalue weighted by atomic mass is 32.2. The number of hydrogen-bond donors (Lipinski definition) is 0. The van der Waals surface area contributed by atoms with Crippen molar-refractivity contribution in [3.8, 4) is 22.8 Å². The number of ether oxygens (including phenoxy) is 2. The van der Waals surface area contributed by atoms with E-state index in [0.717, 1.165) is 28.8 Å². The first-order valence-corrected chi connectivity index (χ1v) is 10.9.